The number of allylic oxidation sites excluding steroid dienone is 3. The Bertz CT molecular complexity index is 1180. The quantitative estimate of drug-likeness (QED) is 0.488. The Hall–Kier alpha value is -3.36. The van der Waals surface area contributed by atoms with E-state index < -0.39 is 34.6 Å². The first-order valence-electron chi connectivity index (χ1n) is 10.4. The topological polar surface area (TPSA) is 54.3 Å². The number of anilines is 2. The molecular weight excluding hydrogens is 438 g/mol. The average Bonchev–Trinajstić information content (AvgIpc) is 3.17. The first-order valence-corrected chi connectivity index (χ1v) is 10.4. The number of nitrogens with zero attached hydrogens (tertiary/aromatic N) is 2. The molecule has 9 heteroatoms. The maximum absolute atomic E-state index is 15.0. The standard InChI is InChI=1S/C24H25F4N3O2/c1-5-15(6-2)16-9-20(21(11-19(16)25)31-8-7-14(3)12-31)29-23(33)17-13-30(4)22(32)10-18(17)24(26,27)28/h5-6,9-11,13-14H,1,7-8,12H2,2-4H3,(H,29,33)/b15-6+/t14-/m1/s1. The van der Waals surface area contributed by atoms with Gasteiger partial charge in [-0.05, 0) is 37.0 Å². The van der Waals surface area contributed by atoms with E-state index in [1.54, 1.807) is 13.0 Å². The summed E-state index contributed by atoms with van der Waals surface area (Å²) in [6.45, 7) is 8.64. The second-order valence-corrected chi connectivity index (χ2v) is 8.14. The van der Waals surface area contributed by atoms with Crippen LogP contribution >= 0.6 is 0 Å². The lowest BCUT2D eigenvalue weighted by atomic mass is 10.0. The molecule has 0 unspecified atom stereocenters. The maximum atomic E-state index is 15.0. The summed E-state index contributed by atoms with van der Waals surface area (Å²) in [6.07, 6.45) is -0.0892. The molecule has 1 aromatic carbocycles. The Morgan fingerprint density at radius 3 is 2.48 bits per heavy atom. The largest absolute Gasteiger partial charge is 0.417 e. The minimum absolute atomic E-state index is 0.162. The van der Waals surface area contributed by atoms with Gasteiger partial charge in [0.15, 0.2) is 0 Å². The summed E-state index contributed by atoms with van der Waals surface area (Å²) in [4.78, 5) is 26.7. The van der Waals surface area contributed by atoms with Crippen LogP contribution in [0.4, 0.5) is 28.9 Å². The molecule has 3 rings (SSSR count). The smallest absolute Gasteiger partial charge is 0.369 e. The summed E-state index contributed by atoms with van der Waals surface area (Å²) in [6, 6.07) is 3.07. The van der Waals surface area contributed by atoms with Gasteiger partial charge in [0.25, 0.3) is 11.5 Å². The Morgan fingerprint density at radius 1 is 1.24 bits per heavy atom. The number of carbonyl (C=O) groups excluding carboxylic acids is 1. The van der Waals surface area contributed by atoms with Crippen molar-refractivity contribution in [1.29, 1.82) is 0 Å². The van der Waals surface area contributed by atoms with Crippen molar-refractivity contribution in [3.8, 4) is 0 Å². The van der Waals surface area contributed by atoms with Crippen LogP contribution in [0.3, 0.4) is 0 Å². The van der Waals surface area contributed by atoms with Gasteiger partial charge in [0, 0.05) is 38.0 Å². The predicted octanol–water partition coefficient (Wildman–Crippen LogP) is 5.23. The van der Waals surface area contributed by atoms with Gasteiger partial charge in [-0.2, -0.15) is 13.2 Å². The molecule has 1 saturated heterocycles. The summed E-state index contributed by atoms with van der Waals surface area (Å²) < 4.78 is 56.5. The molecule has 1 amide bonds. The van der Waals surface area contributed by atoms with Crippen LogP contribution in [0.25, 0.3) is 5.57 Å². The molecule has 1 atom stereocenters. The van der Waals surface area contributed by atoms with Crippen molar-refractivity contribution in [2.24, 2.45) is 13.0 Å². The fraction of sp³-hybridized carbons (Fsp3) is 0.333. The molecule has 5 nitrogen and oxygen atoms in total. The SMILES string of the molecule is C=C/C(=C\C)c1cc(NC(=O)c2cn(C)c(=O)cc2C(F)(F)F)c(N2CC[C@@H](C)C2)cc1F. The van der Waals surface area contributed by atoms with E-state index in [2.05, 4.69) is 11.9 Å². The molecule has 33 heavy (non-hydrogen) atoms. The van der Waals surface area contributed by atoms with Crippen molar-refractivity contribution < 1.29 is 22.4 Å². The molecule has 1 aliphatic heterocycles. The number of carbonyl (C=O) groups is 1. The van der Waals surface area contributed by atoms with Crippen LogP contribution in [0.15, 0.2) is 47.9 Å². The first kappa shape index (κ1) is 24.3. The van der Waals surface area contributed by atoms with Gasteiger partial charge in [-0.15, -0.1) is 0 Å². The lowest BCUT2D eigenvalue weighted by Crippen LogP contribution is -2.27. The van der Waals surface area contributed by atoms with Crippen LogP contribution in [-0.2, 0) is 13.2 Å². The number of amides is 1. The Balaban J connectivity index is 2.13. The van der Waals surface area contributed by atoms with Gasteiger partial charge in [-0.3, -0.25) is 9.59 Å². The Labute approximate surface area is 189 Å². The number of aromatic nitrogens is 1. The number of hydrogen-bond acceptors (Lipinski definition) is 3. The highest BCUT2D eigenvalue weighted by Gasteiger charge is 2.36. The van der Waals surface area contributed by atoms with E-state index >= 15 is 0 Å². The molecule has 2 heterocycles. The summed E-state index contributed by atoms with van der Waals surface area (Å²) in [7, 11) is 1.26. The molecule has 1 N–H and O–H groups in total. The van der Waals surface area contributed by atoms with Gasteiger partial charge < -0.3 is 14.8 Å². The molecule has 0 spiro atoms. The normalized spacial score (nSPS) is 16.8. The maximum Gasteiger partial charge on any atom is 0.417 e. The number of benzene rings is 1. The minimum atomic E-state index is -4.90. The summed E-state index contributed by atoms with van der Waals surface area (Å²) >= 11 is 0. The minimum Gasteiger partial charge on any atom is -0.369 e. The third-order valence-corrected chi connectivity index (χ3v) is 5.72. The van der Waals surface area contributed by atoms with Crippen LogP contribution in [0.2, 0.25) is 0 Å². The van der Waals surface area contributed by atoms with Crippen molar-refractivity contribution in [3.63, 3.8) is 0 Å². The summed E-state index contributed by atoms with van der Waals surface area (Å²) in [5.41, 5.74) is -1.73. The fourth-order valence-corrected chi connectivity index (χ4v) is 3.92. The van der Waals surface area contributed by atoms with Crippen LogP contribution in [0.5, 0.6) is 0 Å². The van der Waals surface area contributed by atoms with Crippen molar-refractivity contribution in [1.82, 2.24) is 4.57 Å². The van der Waals surface area contributed by atoms with E-state index in [9.17, 15) is 27.2 Å². The number of halogens is 4. The van der Waals surface area contributed by atoms with E-state index in [0.717, 1.165) is 17.2 Å². The third kappa shape index (κ3) is 5.02. The van der Waals surface area contributed by atoms with Crippen molar-refractivity contribution in [2.45, 2.75) is 26.4 Å². The second kappa shape index (κ2) is 9.25. The van der Waals surface area contributed by atoms with E-state index in [0.29, 0.717) is 36.3 Å². The highest BCUT2D eigenvalue weighted by atomic mass is 19.4. The molecule has 176 valence electrons. The number of rotatable bonds is 5. The molecule has 0 aliphatic carbocycles. The zero-order valence-electron chi connectivity index (χ0n) is 18.6. The summed E-state index contributed by atoms with van der Waals surface area (Å²) in [5.74, 6) is -1.24. The van der Waals surface area contributed by atoms with Crippen molar-refractivity contribution >= 4 is 22.9 Å². The number of aryl methyl sites for hydroxylation is 1. The van der Waals surface area contributed by atoms with Gasteiger partial charge in [0.2, 0.25) is 0 Å². The molecule has 1 fully saturated rings. The third-order valence-electron chi connectivity index (χ3n) is 5.72. The number of alkyl halides is 3. The van der Waals surface area contributed by atoms with Crippen molar-refractivity contribution in [2.75, 3.05) is 23.3 Å². The number of nitrogens with one attached hydrogen (secondary N) is 1. The van der Waals surface area contributed by atoms with Crippen LogP contribution < -0.4 is 15.8 Å². The van der Waals surface area contributed by atoms with E-state index in [1.807, 2.05) is 11.8 Å². The highest BCUT2D eigenvalue weighted by molar-refractivity contribution is 6.07. The average molecular weight is 463 g/mol. The molecule has 2 aromatic rings. The van der Waals surface area contributed by atoms with Crippen LogP contribution in [-0.4, -0.2) is 23.6 Å². The monoisotopic (exact) mass is 463 g/mol. The van der Waals surface area contributed by atoms with Gasteiger partial charge in [-0.1, -0.05) is 25.7 Å². The van der Waals surface area contributed by atoms with E-state index in [-0.39, 0.29) is 11.3 Å². The van der Waals surface area contributed by atoms with Gasteiger partial charge >= 0.3 is 6.18 Å². The van der Waals surface area contributed by atoms with Gasteiger partial charge in [-0.25, -0.2) is 4.39 Å². The number of pyridine rings is 1. The summed E-state index contributed by atoms with van der Waals surface area (Å²) in [5, 5.41) is 2.52. The second-order valence-electron chi connectivity index (χ2n) is 8.14. The van der Waals surface area contributed by atoms with E-state index in [1.165, 1.54) is 25.3 Å². The lowest BCUT2D eigenvalue weighted by molar-refractivity contribution is -0.138. The van der Waals surface area contributed by atoms with Crippen molar-refractivity contribution in [3.05, 3.63) is 76.0 Å². The van der Waals surface area contributed by atoms with E-state index in [4.69, 9.17) is 0 Å². The molecule has 0 bridgehead atoms. The highest BCUT2D eigenvalue weighted by Crippen LogP contribution is 2.36. The number of hydrogen-bond donors (Lipinski definition) is 1. The predicted molar refractivity (Wildman–Crippen MR) is 121 cm³/mol. The van der Waals surface area contributed by atoms with Gasteiger partial charge in [0.05, 0.1) is 22.5 Å². The zero-order chi connectivity index (χ0) is 24.5. The Kier molecular flexibility index (Phi) is 6.81. The Morgan fingerprint density at radius 2 is 1.94 bits per heavy atom. The first-order chi connectivity index (χ1) is 15.5. The van der Waals surface area contributed by atoms with Gasteiger partial charge in [0.1, 0.15) is 5.82 Å². The fourth-order valence-electron chi connectivity index (χ4n) is 3.92. The molecule has 1 aliphatic rings. The van der Waals surface area contributed by atoms with Crippen LogP contribution in [0, 0.1) is 11.7 Å². The molecule has 0 saturated carbocycles. The molecule has 0 radical (unpaired) electrons. The van der Waals surface area contributed by atoms with Crippen LogP contribution in [0.1, 0.15) is 41.8 Å². The molecular formula is C24H25F4N3O2. The molecule has 1 aromatic heterocycles. The zero-order valence-corrected chi connectivity index (χ0v) is 18.6. The lowest BCUT2D eigenvalue weighted by Gasteiger charge is -2.24.